The Balaban J connectivity index is 1.82. The molecule has 0 saturated carbocycles. The molecular weight excluding hydrogens is 262 g/mol. The lowest BCUT2D eigenvalue weighted by molar-refractivity contribution is -0.116. The zero-order chi connectivity index (χ0) is 15.1. The fourth-order valence-corrected chi connectivity index (χ4v) is 2.14. The predicted molar refractivity (Wildman–Crippen MR) is 84.5 cm³/mol. The first-order chi connectivity index (χ1) is 10.1. The molecule has 2 rings (SSSR count). The van der Waals surface area contributed by atoms with E-state index in [1.807, 2.05) is 18.2 Å². The predicted octanol–water partition coefficient (Wildman–Crippen LogP) is 3.85. The molecule has 1 N–H and O–H groups in total. The SMILES string of the molecule is CC(=O)c1cccc(NC(=O)CCCc2ccccc2)c1. The standard InChI is InChI=1S/C18H19NO2/c1-14(20)16-10-6-11-17(13-16)19-18(21)12-5-9-15-7-3-2-4-8-15/h2-4,6-8,10-11,13H,5,9,12H2,1H3,(H,19,21). The number of amides is 1. The number of carbonyl (C=O) groups excluding carboxylic acids is 2. The molecule has 1 amide bonds. The molecule has 0 aliphatic heterocycles. The number of Topliss-reactive ketones (excluding diaryl/α,β-unsaturated/α-hetero) is 1. The molecule has 3 nitrogen and oxygen atoms in total. The number of rotatable bonds is 6. The second-order valence-corrected chi connectivity index (χ2v) is 5.02. The van der Waals surface area contributed by atoms with Gasteiger partial charge in [0.15, 0.2) is 5.78 Å². The van der Waals surface area contributed by atoms with Crippen molar-refractivity contribution in [1.29, 1.82) is 0 Å². The topological polar surface area (TPSA) is 46.2 Å². The van der Waals surface area contributed by atoms with E-state index in [0.717, 1.165) is 12.8 Å². The van der Waals surface area contributed by atoms with Crippen LogP contribution in [-0.2, 0) is 11.2 Å². The Hall–Kier alpha value is -2.42. The normalized spacial score (nSPS) is 10.1. The molecule has 0 aliphatic rings. The Morgan fingerprint density at radius 3 is 2.48 bits per heavy atom. The summed E-state index contributed by atoms with van der Waals surface area (Å²) in [4.78, 5) is 23.2. The quantitative estimate of drug-likeness (QED) is 0.817. The van der Waals surface area contributed by atoms with E-state index in [0.29, 0.717) is 17.7 Å². The van der Waals surface area contributed by atoms with Crippen molar-refractivity contribution < 1.29 is 9.59 Å². The highest BCUT2D eigenvalue weighted by Crippen LogP contribution is 2.12. The van der Waals surface area contributed by atoms with Gasteiger partial charge in [-0.2, -0.15) is 0 Å². The molecule has 2 aromatic rings. The Labute approximate surface area is 125 Å². The molecule has 0 heterocycles. The van der Waals surface area contributed by atoms with E-state index in [2.05, 4.69) is 17.4 Å². The Kier molecular flexibility index (Phi) is 5.27. The van der Waals surface area contributed by atoms with Crippen LogP contribution < -0.4 is 5.32 Å². The zero-order valence-corrected chi connectivity index (χ0v) is 12.1. The summed E-state index contributed by atoms with van der Waals surface area (Å²) in [6, 6.07) is 17.1. The maximum absolute atomic E-state index is 11.9. The Bertz CT molecular complexity index is 620. The van der Waals surface area contributed by atoms with Crippen LogP contribution in [0.1, 0.15) is 35.7 Å². The van der Waals surface area contributed by atoms with Crippen molar-refractivity contribution in [2.75, 3.05) is 5.32 Å². The summed E-state index contributed by atoms with van der Waals surface area (Å²) < 4.78 is 0. The lowest BCUT2D eigenvalue weighted by Crippen LogP contribution is -2.11. The van der Waals surface area contributed by atoms with Crippen molar-refractivity contribution in [3.05, 3.63) is 65.7 Å². The molecule has 0 aromatic heterocycles. The maximum Gasteiger partial charge on any atom is 0.224 e. The average Bonchev–Trinajstić information content (AvgIpc) is 2.48. The van der Waals surface area contributed by atoms with Gasteiger partial charge >= 0.3 is 0 Å². The number of hydrogen-bond donors (Lipinski definition) is 1. The van der Waals surface area contributed by atoms with Crippen LogP contribution in [0.5, 0.6) is 0 Å². The third-order valence-corrected chi connectivity index (χ3v) is 3.26. The summed E-state index contributed by atoms with van der Waals surface area (Å²) in [5.41, 5.74) is 2.52. The van der Waals surface area contributed by atoms with Gasteiger partial charge in [-0.15, -0.1) is 0 Å². The maximum atomic E-state index is 11.9. The summed E-state index contributed by atoms with van der Waals surface area (Å²) in [7, 11) is 0. The molecule has 0 unspecified atom stereocenters. The van der Waals surface area contributed by atoms with Crippen LogP contribution in [-0.4, -0.2) is 11.7 Å². The molecule has 0 radical (unpaired) electrons. The third-order valence-electron chi connectivity index (χ3n) is 3.26. The fraction of sp³-hybridized carbons (Fsp3) is 0.222. The van der Waals surface area contributed by atoms with Gasteiger partial charge in [0.25, 0.3) is 0 Å². The second-order valence-electron chi connectivity index (χ2n) is 5.02. The highest BCUT2D eigenvalue weighted by atomic mass is 16.1. The summed E-state index contributed by atoms with van der Waals surface area (Å²) in [5, 5.41) is 2.83. The van der Waals surface area contributed by atoms with Crippen molar-refractivity contribution in [2.24, 2.45) is 0 Å². The molecule has 2 aromatic carbocycles. The van der Waals surface area contributed by atoms with Crippen molar-refractivity contribution in [3.8, 4) is 0 Å². The molecule has 3 heteroatoms. The number of carbonyl (C=O) groups is 2. The van der Waals surface area contributed by atoms with Crippen LogP contribution in [0.25, 0.3) is 0 Å². The van der Waals surface area contributed by atoms with Crippen molar-refractivity contribution in [1.82, 2.24) is 0 Å². The van der Waals surface area contributed by atoms with E-state index in [-0.39, 0.29) is 11.7 Å². The number of anilines is 1. The first-order valence-electron chi connectivity index (χ1n) is 7.10. The monoisotopic (exact) mass is 281 g/mol. The molecule has 0 fully saturated rings. The van der Waals surface area contributed by atoms with Crippen molar-refractivity contribution >= 4 is 17.4 Å². The number of aryl methyl sites for hydroxylation is 1. The Morgan fingerprint density at radius 1 is 1.00 bits per heavy atom. The smallest absolute Gasteiger partial charge is 0.224 e. The van der Waals surface area contributed by atoms with E-state index < -0.39 is 0 Å². The summed E-state index contributed by atoms with van der Waals surface area (Å²) in [5.74, 6) is -0.0261. The minimum Gasteiger partial charge on any atom is -0.326 e. The molecular formula is C18H19NO2. The first-order valence-corrected chi connectivity index (χ1v) is 7.10. The minimum atomic E-state index is -0.0216. The number of ketones is 1. The van der Waals surface area contributed by atoms with Crippen LogP contribution in [0, 0.1) is 0 Å². The van der Waals surface area contributed by atoms with Crippen molar-refractivity contribution in [2.45, 2.75) is 26.2 Å². The van der Waals surface area contributed by atoms with E-state index in [1.54, 1.807) is 24.3 Å². The van der Waals surface area contributed by atoms with Gasteiger partial charge in [0.2, 0.25) is 5.91 Å². The molecule has 21 heavy (non-hydrogen) atoms. The van der Waals surface area contributed by atoms with Gasteiger partial charge in [-0.05, 0) is 37.5 Å². The summed E-state index contributed by atoms with van der Waals surface area (Å²) >= 11 is 0. The van der Waals surface area contributed by atoms with Gasteiger partial charge in [0, 0.05) is 17.7 Å². The summed E-state index contributed by atoms with van der Waals surface area (Å²) in [6.07, 6.45) is 2.17. The molecule has 0 spiro atoms. The Morgan fingerprint density at radius 2 is 1.76 bits per heavy atom. The molecule has 108 valence electrons. The number of hydrogen-bond acceptors (Lipinski definition) is 2. The molecule has 0 bridgehead atoms. The zero-order valence-electron chi connectivity index (χ0n) is 12.1. The lowest BCUT2D eigenvalue weighted by Gasteiger charge is -2.06. The van der Waals surface area contributed by atoms with Crippen LogP contribution in [0.3, 0.4) is 0 Å². The molecule has 0 aliphatic carbocycles. The summed E-state index contributed by atoms with van der Waals surface area (Å²) in [6.45, 7) is 1.51. The van der Waals surface area contributed by atoms with E-state index in [9.17, 15) is 9.59 Å². The highest BCUT2D eigenvalue weighted by molar-refractivity contribution is 5.97. The number of benzene rings is 2. The van der Waals surface area contributed by atoms with Gasteiger partial charge in [-0.1, -0.05) is 42.5 Å². The van der Waals surface area contributed by atoms with Gasteiger partial charge in [0.1, 0.15) is 0 Å². The van der Waals surface area contributed by atoms with Gasteiger partial charge in [-0.25, -0.2) is 0 Å². The number of nitrogens with one attached hydrogen (secondary N) is 1. The van der Waals surface area contributed by atoms with Crippen LogP contribution >= 0.6 is 0 Å². The van der Waals surface area contributed by atoms with Crippen LogP contribution in [0.4, 0.5) is 5.69 Å². The molecule has 0 atom stereocenters. The van der Waals surface area contributed by atoms with E-state index in [1.165, 1.54) is 12.5 Å². The molecule has 0 saturated heterocycles. The van der Waals surface area contributed by atoms with E-state index in [4.69, 9.17) is 0 Å². The fourth-order valence-electron chi connectivity index (χ4n) is 2.14. The highest BCUT2D eigenvalue weighted by Gasteiger charge is 2.05. The largest absolute Gasteiger partial charge is 0.326 e. The van der Waals surface area contributed by atoms with Gasteiger partial charge in [0.05, 0.1) is 0 Å². The lowest BCUT2D eigenvalue weighted by atomic mass is 10.1. The second kappa shape index (κ2) is 7.39. The average molecular weight is 281 g/mol. The van der Waals surface area contributed by atoms with Crippen LogP contribution in [0.2, 0.25) is 0 Å². The van der Waals surface area contributed by atoms with Gasteiger partial charge < -0.3 is 5.32 Å². The van der Waals surface area contributed by atoms with Crippen molar-refractivity contribution in [3.63, 3.8) is 0 Å². The van der Waals surface area contributed by atoms with E-state index >= 15 is 0 Å². The van der Waals surface area contributed by atoms with Gasteiger partial charge in [-0.3, -0.25) is 9.59 Å². The third kappa shape index (κ3) is 4.88. The minimum absolute atomic E-state index is 0.00447. The first kappa shape index (κ1) is 15.0. The van der Waals surface area contributed by atoms with Crippen LogP contribution in [0.15, 0.2) is 54.6 Å².